The summed E-state index contributed by atoms with van der Waals surface area (Å²) in [5.74, 6) is -6.30. The number of hydrogen-bond donors (Lipinski definition) is 0. The van der Waals surface area contributed by atoms with Gasteiger partial charge < -0.3 is 13.3 Å². The number of hydrogen-bond acceptors (Lipinski definition) is 3. The summed E-state index contributed by atoms with van der Waals surface area (Å²) in [5.41, 5.74) is -0.185. The summed E-state index contributed by atoms with van der Waals surface area (Å²) in [6.45, 7) is 2.26. The Morgan fingerprint density at radius 3 is 2.14 bits per heavy atom. The van der Waals surface area contributed by atoms with E-state index in [0.717, 1.165) is 0 Å². The molecule has 0 heterocycles. The van der Waals surface area contributed by atoms with Crippen LogP contribution in [-0.2, 0) is 19.7 Å². The molecule has 0 saturated heterocycles. The van der Waals surface area contributed by atoms with E-state index in [1.54, 1.807) is 0 Å². The zero-order valence-electron chi connectivity index (χ0n) is 12.8. The zero-order valence-corrected chi connectivity index (χ0v) is 13.8. The molecule has 0 atom stereocenters. The molecule has 0 unspecified atom stereocenters. The van der Waals surface area contributed by atoms with Gasteiger partial charge in [0, 0.05) is 26.9 Å². The van der Waals surface area contributed by atoms with Crippen molar-refractivity contribution in [2.45, 2.75) is 32.2 Å². The highest BCUT2D eigenvalue weighted by Crippen LogP contribution is 2.22. The number of benzene rings is 1. The minimum atomic E-state index is -2.73. The average molecular weight is 340 g/mol. The summed E-state index contributed by atoms with van der Waals surface area (Å²) < 4.78 is 68.7. The number of halogens is 4. The van der Waals surface area contributed by atoms with Crippen LogP contribution in [-0.4, -0.2) is 29.6 Å². The van der Waals surface area contributed by atoms with E-state index >= 15 is 0 Å². The molecule has 1 rings (SSSR count). The molecule has 0 aliphatic heterocycles. The standard InChI is InChI=1S/C14H20F4O3Si/c1-4-21-22(19-2,20-3)8-6-5-7-10-9-11(15)13(17)14(18)12(10)16/h9H,4-8H2,1-3H3. The highest BCUT2D eigenvalue weighted by molar-refractivity contribution is 6.60. The third-order valence-electron chi connectivity index (χ3n) is 3.34. The lowest BCUT2D eigenvalue weighted by Crippen LogP contribution is -2.43. The first-order valence-electron chi connectivity index (χ1n) is 6.97. The molecule has 8 heteroatoms. The van der Waals surface area contributed by atoms with Gasteiger partial charge in [-0.05, 0) is 37.8 Å². The second kappa shape index (κ2) is 8.61. The molecular weight excluding hydrogens is 320 g/mol. The minimum Gasteiger partial charge on any atom is -0.377 e. The fraction of sp³-hybridized carbons (Fsp3) is 0.571. The molecule has 126 valence electrons. The first-order chi connectivity index (χ1) is 10.4. The van der Waals surface area contributed by atoms with Crippen LogP contribution in [0.1, 0.15) is 25.3 Å². The van der Waals surface area contributed by atoms with Gasteiger partial charge in [0.15, 0.2) is 23.3 Å². The third-order valence-corrected chi connectivity index (χ3v) is 6.28. The third kappa shape index (κ3) is 4.51. The lowest BCUT2D eigenvalue weighted by molar-refractivity contribution is 0.103. The molecule has 0 saturated carbocycles. The molecule has 3 nitrogen and oxygen atoms in total. The molecule has 0 radical (unpaired) electrons. The highest BCUT2D eigenvalue weighted by atomic mass is 28.4. The van der Waals surface area contributed by atoms with Crippen LogP contribution >= 0.6 is 0 Å². The lowest BCUT2D eigenvalue weighted by atomic mass is 10.1. The molecule has 0 amide bonds. The monoisotopic (exact) mass is 340 g/mol. The Morgan fingerprint density at radius 1 is 0.955 bits per heavy atom. The summed E-state index contributed by atoms with van der Waals surface area (Å²) in [6.07, 6.45) is 1.09. The van der Waals surface area contributed by atoms with Crippen molar-refractivity contribution in [3.8, 4) is 0 Å². The van der Waals surface area contributed by atoms with Crippen LogP contribution in [0.5, 0.6) is 0 Å². The van der Waals surface area contributed by atoms with Crippen molar-refractivity contribution in [3.05, 3.63) is 34.9 Å². The maximum absolute atomic E-state index is 13.5. The normalized spacial score (nSPS) is 12.0. The minimum absolute atomic E-state index is 0.0873. The van der Waals surface area contributed by atoms with Gasteiger partial charge in [-0.25, -0.2) is 17.6 Å². The Labute approximate surface area is 128 Å². The van der Waals surface area contributed by atoms with E-state index in [0.29, 0.717) is 31.6 Å². The summed E-state index contributed by atoms with van der Waals surface area (Å²) >= 11 is 0. The Morgan fingerprint density at radius 2 is 1.59 bits per heavy atom. The highest BCUT2D eigenvalue weighted by Gasteiger charge is 2.37. The first kappa shape index (κ1) is 19.1. The molecule has 0 bridgehead atoms. The van der Waals surface area contributed by atoms with E-state index in [1.165, 1.54) is 14.2 Å². The van der Waals surface area contributed by atoms with Crippen molar-refractivity contribution < 1.29 is 30.8 Å². The van der Waals surface area contributed by atoms with Crippen molar-refractivity contribution in [2.75, 3.05) is 20.8 Å². The number of rotatable bonds is 9. The zero-order chi connectivity index (χ0) is 16.8. The SMILES string of the molecule is CCO[Si](CCCCc1cc(F)c(F)c(F)c1F)(OC)OC. The van der Waals surface area contributed by atoms with Gasteiger partial charge in [0.25, 0.3) is 0 Å². The molecule has 0 aliphatic rings. The molecule has 1 aromatic rings. The van der Waals surface area contributed by atoms with E-state index in [2.05, 4.69) is 0 Å². The summed E-state index contributed by atoms with van der Waals surface area (Å²) in [6, 6.07) is 1.19. The van der Waals surface area contributed by atoms with Gasteiger partial charge in [0.1, 0.15) is 0 Å². The topological polar surface area (TPSA) is 27.7 Å². The van der Waals surface area contributed by atoms with E-state index in [4.69, 9.17) is 13.3 Å². The molecule has 0 fully saturated rings. The summed E-state index contributed by atoms with van der Waals surface area (Å²) in [4.78, 5) is 0. The second-order valence-corrected chi connectivity index (χ2v) is 7.66. The maximum atomic E-state index is 13.5. The van der Waals surface area contributed by atoms with Crippen molar-refractivity contribution in [1.82, 2.24) is 0 Å². The van der Waals surface area contributed by atoms with Crippen molar-refractivity contribution in [1.29, 1.82) is 0 Å². The van der Waals surface area contributed by atoms with Crippen molar-refractivity contribution >= 4 is 8.80 Å². The molecule has 0 aliphatic carbocycles. The predicted octanol–water partition coefficient (Wildman–Crippen LogP) is 3.83. The molecular formula is C14H20F4O3Si. The van der Waals surface area contributed by atoms with E-state index in [9.17, 15) is 17.6 Å². The Hall–Kier alpha value is -0.963. The van der Waals surface area contributed by atoms with Gasteiger partial charge in [0.05, 0.1) is 0 Å². The van der Waals surface area contributed by atoms with Crippen molar-refractivity contribution in [2.24, 2.45) is 0 Å². The maximum Gasteiger partial charge on any atom is 0.500 e. The molecule has 1 aromatic carbocycles. The average Bonchev–Trinajstić information content (AvgIpc) is 2.53. The smallest absolute Gasteiger partial charge is 0.377 e. The Kier molecular flexibility index (Phi) is 7.47. The molecule has 0 aromatic heterocycles. The second-order valence-electron chi connectivity index (χ2n) is 4.69. The fourth-order valence-electron chi connectivity index (χ4n) is 2.16. The van der Waals surface area contributed by atoms with Gasteiger partial charge in [-0.1, -0.05) is 0 Å². The molecule has 0 spiro atoms. The molecule has 0 N–H and O–H groups in total. The van der Waals surface area contributed by atoms with Crippen LogP contribution in [0, 0.1) is 23.3 Å². The van der Waals surface area contributed by atoms with Gasteiger partial charge in [-0.2, -0.15) is 0 Å². The van der Waals surface area contributed by atoms with Crippen LogP contribution in [0.25, 0.3) is 0 Å². The van der Waals surface area contributed by atoms with Crippen molar-refractivity contribution in [3.63, 3.8) is 0 Å². The van der Waals surface area contributed by atoms with Crippen LogP contribution in [0.2, 0.25) is 6.04 Å². The van der Waals surface area contributed by atoms with Crippen LogP contribution in [0.15, 0.2) is 6.07 Å². The van der Waals surface area contributed by atoms with Crippen LogP contribution in [0.4, 0.5) is 17.6 Å². The fourth-order valence-corrected chi connectivity index (χ4v) is 4.24. The van der Waals surface area contributed by atoms with E-state index in [-0.39, 0.29) is 12.0 Å². The van der Waals surface area contributed by atoms with Gasteiger partial charge in [-0.3, -0.25) is 0 Å². The quantitative estimate of drug-likeness (QED) is 0.225. The predicted molar refractivity (Wildman–Crippen MR) is 75.4 cm³/mol. The molecule has 22 heavy (non-hydrogen) atoms. The Bertz CT molecular complexity index is 495. The summed E-state index contributed by atoms with van der Waals surface area (Å²) in [5, 5.41) is 0. The van der Waals surface area contributed by atoms with Gasteiger partial charge in [0.2, 0.25) is 0 Å². The largest absolute Gasteiger partial charge is 0.500 e. The van der Waals surface area contributed by atoms with E-state index < -0.39 is 32.1 Å². The van der Waals surface area contributed by atoms with Crippen LogP contribution in [0.3, 0.4) is 0 Å². The number of aryl methyl sites for hydroxylation is 1. The van der Waals surface area contributed by atoms with Gasteiger partial charge >= 0.3 is 8.80 Å². The lowest BCUT2D eigenvalue weighted by Gasteiger charge is -2.25. The van der Waals surface area contributed by atoms with E-state index in [1.807, 2.05) is 6.92 Å². The Balaban J connectivity index is 2.61. The van der Waals surface area contributed by atoms with Crippen LogP contribution < -0.4 is 0 Å². The van der Waals surface area contributed by atoms with Gasteiger partial charge in [-0.15, -0.1) is 0 Å². The number of unbranched alkanes of at least 4 members (excludes halogenated alkanes) is 1. The summed E-state index contributed by atoms with van der Waals surface area (Å²) in [7, 11) is 0.264. The first-order valence-corrected chi connectivity index (χ1v) is 8.90.